The third-order valence-corrected chi connectivity index (χ3v) is 4.68. The highest BCUT2D eigenvalue weighted by molar-refractivity contribution is 7.80. The summed E-state index contributed by atoms with van der Waals surface area (Å²) in [4.78, 5) is 1.20. The lowest BCUT2D eigenvalue weighted by molar-refractivity contribution is 0.263. The SMILES string of the molecule is CCCCC1(c2ccccc2S)CCCCC1. The maximum atomic E-state index is 4.68. The van der Waals surface area contributed by atoms with E-state index < -0.39 is 0 Å². The van der Waals surface area contributed by atoms with Crippen LogP contribution in [-0.2, 0) is 5.41 Å². The van der Waals surface area contributed by atoms with Gasteiger partial charge in [0.05, 0.1) is 0 Å². The minimum atomic E-state index is 0.437. The standard InChI is InChI=1S/C16H24S/c1-2-3-11-16(12-7-4-8-13-16)14-9-5-6-10-15(14)17/h5-6,9-10,17H,2-4,7-8,11-13H2,1H3. The largest absolute Gasteiger partial charge is 0.143 e. The second-order valence-corrected chi connectivity index (χ2v) is 5.94. The molecule has 0 radical (unpaired) electrons. The molecule has 1 aromatic carbocycles. The molecule has 1 aliphatic carbocycles. The van der Waals surface area contributed by atoms with Crippen molar-refractivity contribution in [3.05, 3.63) is 29.8 Å². The molecular weight excluding hydrogens is 224 g/mol. The molecule has 0 bridgehead atoms. The Bertz CT molecular complexity index is 350. The Hall–Kier alpha value is -0.430. The van der Waals surface area contributed by atoms with Crippen molar-refractivity contribution in [1.29, 1.82) is 0 Å². The molecule has 0 amide bonds. The van der Waals surface area contributed by atoms with Gasteiger partial charge in [0.25, 0.3) is 0 Å². The molecule has 0 unspecified atom stereocenters. The van der Waals surface area contributed by atoms with Gasteiger partial charge in [-0.1, -0.05) is 57.2 Å². The summed E-state index contributed by atoms with van der Waals surface area (Å²) in [6, 6.07) is 8.74. The molecule has 0 spiro atoms. The molecule has 1 aliphatic rings. The molecule has 0 aliphatic heterocycles. The summed E-state index contributed by atoms with van der Waals surface area (Å²) < 4.78 is 0. The highest BCUT2D eigenvalue weighted by Crippen LogP contribution is 2.45. The zero-order valence-electron chi connectivity index (χ0n) is 10.9. The molecule has 1 aromatic rings. The Labute approximate surface area is 111 Å². The number of benzene rings is 1. The van der Waals surface area contributed by atoms with Crippen molar-refractivity contribution >= 4 is 12.6 Å². The lowest BCUT2D eigenvalue weighted by Crippen LogP contribution is -2.29. The molecular formula is C16H24S. The van der Waals surface area contributed by atoms with Crippen LogP contribution in [-0.4, -0.2) is 0 Å². The lowest BCUT2D eigenvalue weighted by Gasteiger charge is -2.39. The second-order valence-electron chi connectivity index (χ2n) is 5.46. The van der Waals surface area contributed by atoms with E-state index in [-0.39, 0.29) is 0 Å². The Kier molecular flexibility index (Phi) is 4.55. The first-order chi connectivity index (χ1) is 8.28. The van der Waals surface area contributed by atoms with Crippen LogP contribution in [0.3, 0.4) is 0 Å². The van der Waals surface area contributed by atoms with Gasteiger partial charge >= 0.3 is 0 Å². The average molecular weight is 248 g/mol. The van der Waals surface area contributed by atoms with Crippen LogP contribution in [0.25, 0.3) is 0 Å². The van der Waals surface area contributed by atoms with E-state index in [2.05, 4.69) is 43.8 Å². The molecule has 94 valence electrons. The van der Waals surface area contributed by atoms with Crippen LogP contribution in [0, 0.1) is 0 Å². The molecule has 1 fully saturated rings. The fourth-order valence-electron chi connectivity index (χ4n) is 3.32. The smallest absolute Gasteiger partial charge is 0.00776 e. The monoisotopic (exact) mass is 248 g/mol. The van der Waals surface area contributed by atoms with Crippen molar-refractivity contribution in [2.24, 2.45) is 0 Å². The topological polar surface area (TPSA) is 0 Å². The zero-order valence-corrected chi connectivity index (χ0v) is 11.8. The maximum Gasteiger partial charge on any atom is 0.00776 e. The predicted octanol–water partition coefficient (Wildman–Crippen LogP) is 5.37. The summed E-state index contributed by atoms with van der Waals surface area (Å²) in [5, 5.41) is 0. The minimum Gasteiger partial charge on any atom is -0.143 e. The first-order valence-corrected chi connectivity index (χ1v) is 7.52. The van der Waals surface area contributed by atoms with Crippen LogP contribution in [0.1, 0.15) is 63.9 Å². The first-order valence-electron chi connectivity index (χ1n) is 7.07. The van der Waals surface area contributed by atoms with Gasteiger partial charge in [-0.25, -0.2) is 0 Å². The van der Waals surface area contributed by atoms with Gasteiger partial charge in [0.2, 0.25) is 0 Å². The van der Waals surface area contributed by atoms with E-state index in [0.29, 0.717) is 5.41 Å². The van der Waals surface area contributed by atoms with Crippen LogP contribution in [0.5, 0.6) is 0 Å². The zero-order chi connectivity index (χ0) is 12.1. The highest BCUT2D eigenvalue weighted by atomic mass is 32.1. The molecule has 2 rings (SSSR count). The summed E-state index contributed by atoms with van der Waals surface area (Å²) in [5.74, 6) is 0. The van der Waals surface area contributed by atoms with Gasteiger partial charge in [0.1, 0.15) is 0 Å². The van der Waals surface area contributed by atoms with E-state index in [1.807, 2.05) is 0 Å². The molecule has 0 aromatic heterocycles. The molecule has 0 saturated heterocycles. The van der Waals surface area contributed by atoms with Crippen molar-refractivity contribution in [2.75, 3.05) is 0 Å². The quantitative estimate of drug-likeness (QED) is 0.681. The van der Waals surface area contributed by atoms with Crippen molar-refractivity contribution in [2.45, 2.75) is 68.6 Å². The predicted molar refractivity (Wildman–Crippen MR) is 78.0 cm³/mol. The minimum absolute atomic E-state index is 0.437. The first kappa shape index (κ1) is 13.0. The van der Waals surface area contributed by atoms with Crippen molar-refractivity contribution in [3.8, 4) is 0 Å². The normalized spacial score (nSPS) is 19.2. The summed E-state index contributed by atoms with van der Waals surface area (Å²) in [7, 11) is 0. The van der Waals surface area contributed by atoms with Crippen LogP contribution < -0.4 is 0 Å². The highest BCUT2D eigenvalue weighted by Gasteiger charge is 2.34. The molecule has 0 atom stereocenters. The van der Waals surface area contributed by atoms with E-state index >= 15 is 0 Å². The van der Waals surface area contributed by atoms with Gasteiger partial charge in [-0.05, 0) is 36.3 Å². The summed E-state index contributed by atoms with van der Waals surface area (Å²) in [5.41, 5.74) is 1.95. The van der Waals surface area contributed by atoms with Crippen molar-refractivity contribution in [1.82, 2.24) is 0 Å². The van der Waals surface area contributed by atoms with Gasteiger partial charge in [-0.3, -0.25) is 0 Å². The van der Waals surface area contributed by atoms with Crippen LogP contribution in [0.2, 0.25) is 0 Å². The number of hydrogen-bond acceptors (Lipinski definition) is 1. The number of rotatable bonds is 4. The molecule has 1 saturated carbocycles. The van der Waals surface area contributed by atoms with Crippen LogP contribution in [0.4, 0.5) is 0 Å². The van der Waals surface area contributed by atoms with E-state index in [1.165, 1.54) is 61.8 Å². The third-order valence-electron chi connectivity index (χ3n) is 4.29. The number of thiol groups is 1. The average Bonchev–Trinajstić information content (AvgIpc) is 2.38. The molecule has 0 heterocycles. The van der Waals surface area contributed by atoms with Gasteiger partial charge < -0.3 is 0 Å². The van der Waals surface area contributed by atoms with E-state index in [9.17, 15) is 0 Å². The molecule has 1 heteroatoms. The van der Waals surface area contributed by atoms with Crippen LogP contribution >= 0.6 is 12.6 Å². The molecule has 17 heavy (non-hydrogen) atoms. The fourth-order valence-corrected chi connectivity index (χ4v) is 3.72. The third kappa shape index (κ3) is 2.88. The van der Waals surface area contributed by atoms with Gasteiger partial charge in [-0.2, -0.15) is 0 Å². The Balaban J connectivity index is 2.28. The second kappa shape index (κ2) is 5.95. The molecule has 0 nitrogen and oxygen atoms in total. The van der Waals surface area contributed by atoms with Crippen molar-refractivity contribution < 1.29 is 0 Å². The van der Waals surface area contributed by atoms with E-state index in [4.69, 9.17) is 0 Å². The van der Waals surface area contributed by atoms with Gasteiger partial charge in [0.15, 0.2) is 0 Å². The lowest BCUT2D eigenvalue weighted by atomic mass is 9.66. The van der Waals surface area contributed by atoms with Crippen LogP contribution in [0.15, 0.2) is 29.2 Å². The Morgan fingerprint density at radius 2 is 1.82 bits per heavy atom. The fraction of sp³-hybridized carbons (Fsp3) is 0.625. The number of hydrogen-bond donors (Lipinski definition) is 1. The summed E-state index contributed by atoms with van der Waals surface area (Å²) in [6.45, 7) is 2.29. The maximum absolute atomic E-state index is 4.68. The molecule has 0 N–H and O–H groups in total. The Morgan fingerprint density at radius 3 is 2.47 bits per heavy atom. The summed E-state index contributed by atoms with van der Waals surface area (Å²) in [6.07, 6.45) is 10.9. The van der Waals surface area contributed by atoms with E-state index in [1.54, 1.807) is 0 Å². The van der Waals surface area contributed by atoms with Gasteiger partial charge in [-0.15, -0.1) is 12.6 Å². The summed E-state index contributed by atoms with van der Waals surface area (Å²) >= 11 is 4.68. The van der Waals surface area contributed by atoms with Gasteiger partial charge in [0, 0.05) is 4.90 Å². The van der Waals surface area contributed by atoms with Crippen molar-refractivity contribution in [3.63, 3.8) is 0 Å². The Morgan fingerprint density at radius 1 is 1.12 bits per heavy atom. The van der Waals surface area contributed by atoms with E-state index in [0.717, 1.165) is 0 Å². The number of unbranched alkanes of at least 4 members (excludes halogenated alkanes) is 1.